The average molecular weight is 405 g/mol. The Morgan fingerprint density at radius 2 is 1.86 bits per heavy atom. The quantitative estimate of drug-likeness (QED) is 0.756. The van der Waals surface area contributed by atoms with E-state index in [2.05, 4.69) is 22.6 Å². The number of hydrogen-bond donors (Lipinski definition) is 1. The van der Waals surface area contributed by atoms with Crippen molar-refractivity contribution in [3.8, 4) is 0 Å². The number of sulfonamides is 1. The standard InChI is InChI=1S/C22H32N2O3S/c1-22(17-9-6-10-18(13-17)23-28(2,26)27)19-14-24(15-20(19)22)12-11-21(25)16-7-4-3-5-8-16/h6,9-10,13,16,19-20,23H,3-5,7-8,11-12,14-15H2,1-2H3. The molecular formula is C22H32N2O3S. The van der Waals surface area contributed by atoms with E-state index in [1.807, 2.05) is 12.1 Å². The van der Waals surface area contributed by atoms with Crippen LogP contribution in [0.1, 0.15) is 51.0 Å². The second-order valence-corrected chi connectivity index (χ2v) is 11.0. The van der Waals surface area contributed by atoms with Crippen LogP contribution in [0, 0.1) is 17.8 Å². The van der Waals surface area contributed by atoms with Gasteiger partial charge < -0.3 is 4.90 Å². The molecule has 3 aliphatic rings. The van der Waals surface area contributed by atoms with E-state index in [4.69, 9.17) is 0 Å². The molecule has 0 aromatic heterocycles. The van der Waals surface area contributed by atoms with Crippen LogP contribution in [0.25, 0.3) is 0 Å². The van der Waals surface area contributed by atoms with E-state index in [1.54, 1.807) is 6.07 Å². The number of ketones is 1. The van der Waals surface area contributed by atoms with Gasteiger partial charge in [-0.2, -0.15) is 0 Å². The first kappa shape index (κ1) is 19.9. The molecule has 154 valence electrons. The van der Waals surface area contributed by atoms with Crippen LogP contribution in [0.5, 0.6) is 0 Å². The third-order valence-electron chi connectivity index (χ3n) is 7.35. The molecule has 2 unspecified atom stereocenters. The monoisotopic (exact) mass is 404 g/mol. The summed E-state index contributed by atoms with van der Waals surface area (Å²) >= 11 is 0. The maximum Gasteiger partial charge on any atom is 0.229 e. The van der Waals surface area contributed by atoms with Crippen LogP contribution in [0.4, 0.5) is 5.69 Å². The number of carbonyl (C=O) groups excluding carboxylic acids is 1. The Morgan fingerprint density at radius 3 is 2.50 bits per heavy atom. The minimum absolute atomic E-state index is 0.124. The number of nitrogens with zero attached hydrogens (tertiary/aromatic N) is 1. The van der Waals surface area contributed by atoms with Crippen LogP contribution in [-0.2, 0) is 20.2 Å². The van der Waals surface area contributed by atoms with E-state index in [0.717, 1.165) is 32.5 Å². The molecule has 0 amide bonds. The number of piperidine rings is 1. The van der Waals surface area contributed by atoms with Crippen molar-refractivity contribution in [1.82, 2.24) is 4.90 Å². The summed E-state index contributed by atoms with van der Waals surface area (Å²) in [5.41, 5.74) is 1.98. The highest BCUT2D eigenvalue weighted by Crippen LogP contribution is 2.63. The molecule has 1 aromatic rings. The Hall–Kier alpha value is -1.40. The van der Waals surface area contributed by atoms with Gasteiger partial charge in [0.25, 0.3) is 0 Å². The minimum atomic E-state index is -3.26. The van der Waals surface area contributed by atoms with Gasteiger partial charge in [0, 0.05) is 43.1 Å². The molecule has 1 aromatic carbocycles. The van der Waals surface area contributed by atoms with Gasteiger partial charge in [-0.05, 0) is 42.4 Å². The molecule has 2 aliphatic carbocycles. The van der Waals surface area contributed by atoms with Crippen molar-refractivity contribution in [1.29, 1.82) is 0 Å². The molecule has 1 saturated heterocycles. The lowest BCUT2D eigenvalue weighted by Gasteiger charge is -2.26. The fourth-order valence-corrected chi connectivity index (χ4v) is 6.16. The fraction of sp³-hybridized carbons (Fsp3) is 0.682. The molecule has 5 nitrogen and oxygen atoms in total. The van der Waals surface area contributed by atoms with E-state index in [1.165, 1.54) is 31.1 Å². The Kier molecular flexibility index (Phi) is 5.29. The molecule has 1 heterocycles. The fourth-order valence-electron chi connectivity index (χ4n) is 5.60. The molecule has 4 rings (SSSR count). The van der Waals surface area contributed by atoms with Crippen molar-refractivity contribution in [2.45, 2.75) is 50.9 Å². The number of benzene rings is 1. The highest BCUT2D eigenvalue weighted by Gasteiger charge is 2.65. The molecule has 0 bridgehead atoms. The lowest BCUT2D eigenvalue weighted by Crippen LogP contribution is -2.32. The first-order valence-electron chi connectivity index (χ1n) is 10.6. The number of likely N-dealkylation sites (tertiary alicyclic amines) is 1. The van der Waals surface area contributed by atoms with Gasteiger partial charge in [0.15, 0.2) is 0 Å². The first-order valence-corrected chi connectivity index (χ1v) is 12.5. The van der Waals surface area contributed by atoms with Crippen molar-refractivity contribution in [3.05, 3.63) is 29.8 Å². The van der Waals surface area contributed by atoms with Gasteiger partial charge in [0.05, 0.1) is 6.26 Å². The molecule has 0 spiro atoms. The highest BCUT2D eigenvalue weighted by molar-refractivity contribution is 7.92. The van der Waals surface area contributed by atoms with E-state index in [-0.39, 0.29) is 5.41 Å². The predicted molar refractivity (Wildman–Crippen MR) is 112 cm³/mol. The maximum absolute atomic E-state index is 12.5. The van der Waals surface area contributed by atoms with Crippen molar-refractivity contribution < 1.29 is 13.2 Å². The second-order valence-electron chi connectivity index (χ2n) is 9.26. The van der Waals surface area contributed by atoms with E-state index < -0.39 is 10.0 Å². The molecule has 1 aliphatic heterocycles. The molecular weight excluding hydrogens is 372 g/mol. The van der Waals surface area contributed by atoms with Gasteiger partial charge in [0.2, 0.25) is 10.0 Å². The predicted octanol–water partition coefficient (Wildman–Crippen LogP) is 3.42. The van der Waals surface area contributed by atoms with E-state index >= 15 is 0 Å². The van der Waals surface area contributed by atoms with Gasteiger partial charge in [0.1, 0.15) is 5.78 Å². The lowest BCUT2D eigenvalue weighted by molar-refractivity contribution is -0.124. The molecule has 28 heavy (non-hydrogen) atoms. The van der Waals surface area contributed by atoms with Crippen molar-refractivity contribution in [3.63, 3.8) is 0 Å². The van der Waals surface area contributed by atoms with Crippen LogP contribution < -0.4 is 4.72 Å². The summed E-state index contributed by atoms with van der Waals surface area (Å²) < 4.78 is 25.6. The third-order valence-corrected chi connectivity index (χ3v) is 7.96. The zero-order valence-electron chi connectivity index (χ0n) is 17.0. The van der Waals surface area contributed by atoms with E-state index in [9.17, 15) is 13.2 Å². The molecule has 2 saturated carbocycles. The second kappa shape index (κ2) is 7.45. The van der Waals surface area contributed by atoms with Crippen LogP contribution in [-0.4, -0.2) is 45.0 Å². The lowest BCUT2D eigenvalue weighted by atomic mass is 9.85. The summed E-state index contributed by atoms with van der Waals surface area (Å²) in [4.78, 5) is 14.9. The number of hydrogen-bond acceptors (Lipinski definition) is 4. The average Bonchev–Trinajstić information content (AvgIpc) is 3.02. The smallest absolute Gasteiger partial charge is 0.229 e. The van der Waals surface area contributed by atoms with Crippen molar-refractivity contribution in [2.24, 2.45) is 17.8 Å². The highest BCUT2D eigenvalue weighted by atomic mass is 32.2. The van der Waals surface area contributed by atoms with E-state index in [0.29, 0.717) is 35.6 Å². The first-order chi connectivity index (χ1) is 13.3. The molecule has 3 fully saturated rings. The Bertz CT molecular complexity index is 833. The largest absolute Gasteiger partial charge is 0.302 e. The van der Waals surface area contributed by atoms with Crippen molar-refractivity contribution >= 4 is 21.5 Å². The molecule has 1 N–H and O–H groups in total. The Labute approximate surface area is 168 Å². The summed E-state index contributed by atoms with van der Waals surface area (Å²) in [5, 5.41) is 0. The minimum Gasteiger partial charge on any atom is -0.302 e. The topological polar surface area (TPSA) is 66.5 Å². The number of rotatable bonds is 7. The zero-order chi connectivity index (χ0) is 19.9. The Morgan fingerprint density at radius 1 is 1.18 bits per heavy atom. The van der Waals surface area contributed by atoms with Gasteiger partial charge in [-0.1, -0.05) is 38.3 Å². The maximum atomic E-state index is 12.5. The van der Waals surface area contributed by atoms with Crippen LogP contribution >= 0.6 is 0 Å². The normalized spacial score (nSPS) is 30.8. The molecule has 0 radical (unpaired) electrons. The number of carbonyl (C=O) groups is 1. The summed E-state index contributed by atoms with van der Waals surface area (Å²) in [6.07, 6.45) is 7.80. The molecule has 6 heteroatoms. The Balaban J connectivity index is 1.31. The number of anilines is 1. The summed E-state index contributed by atoms with van der Waals surface area (Å²) in [6, 6.07) is 7.83. The third kappa shape index (κ3) is 3.99. The van der Waals surface area contributed by atoms with Gasteiger partial charge in [-0.3, -0.25) is 9.52 Å². The SMILES string of the molecule is CC1(c2cccc(NS(C)(=O)=O)c2)C2CN(CCC(=O)C3CCCCC3)CC21. The van der Waals surface area contributed by atoms with Gasteiger partial charge >= 0.3 is 0 Å². The van der Waals surface area contributed by atoms with Crippen molar-refractivity contribution in [2.75, 3.05) is 30.6 Å². The molecule has 2 atom stereocenters. The number of Topliss-reactive ketones (excluding diaryl/α,β-unsaturated/α-hetero) is 1. The summed E-state index contributed by atoms with van der Waals surface area (Å²) in [6.45, 7) is 5.28. The number of nitrogens with one attached hydrogen (secondary N) is 1. The summed E-state index contributed by atoms with van der Waals surface area (Å²) in [5.74, 6) is 2.00. The number of fused-ring (bicyclic) bond motifs is 1. The summed E-state index contributed by atoms with van der Waals surface area (Å²) in [7, 11) is -3.26. The van der Waals surface area contributed by atoms with Crippen LogP contribution in [0.15, 0.2) is 24.3 Å². The van der Waals surface area contributed by atoms with Crippen LogP contribution in [0.2, 0.25) is 0 Å². The van der Waals surface area contributed by atoms with Crippen LogP contribution in [0.3, 0.4) is 0 Å². The zero-order valence-corrected chi connectivity index (χ0v) is 17.8. The van der Waals surface area contributed by atoms with Gasteiger partial charge in [-0.25, -0.2) is 8.42 Å². The van der Waals surface area contributed by atoms with Gasteiger partial charge in [-0.15, -0.1) is 0 Å².